The van der Waals surface area contributed by atoms with Gasteiger partial charge in [-0.2, -0.15) is 0 Å². The third kappa shape index (κ3) is 3.17. The molecule has 1 aromatic carbocycles. The Morgan fingerprint density at radius 3 is 2.89 bits per heavy atom. The van der Waals surface area contributed by atoms with E-state index >= 15 is 0 Å². The number of aromatic nitrogens is 1. The minimum atomic E-state index is -0.546. The van der Waals surface area contributed by atoms with Crippen molar-refractivity contribution in [2.45, 2.75) is 13.5 Å². The molecule has 1 amide bonds. The van der Waals surface area contributed by atoms with E-state index in [4.69, 9.17) is 0 Å². The fourth-order valence-corrected chi connectivity index (χ4v) is 2.18. The van der Waals surface area contributed by atoms with Crippen LogP contribution >= 0.6 is 15.9 Å². The summed E-state index contributed by atoms with van der Waals surface area (Å²) in [5, 5.41) is 2.69. The predicted molar refractivity (Wildman–Crippen MR) is 74.2 cm³/mol. The first-order valence-corrected chi connectivity index (χ1v) is 6.50. The van der Waals surface area contributed by atoms with Gasteiger partial charge >= 0.3 is 0 Å². The number of halogens is 2. The molecule has 1 aromatic heterocycles. The van der Waals surface area contributed by atoms with Gasteiger partial charge in [0, 0.05) is 23.4 Å². The van der Waals surface area contributed by atoms with Gasteiger partial charge in [-0.1, -0.05) is 6.07 Å². The van der Waals surface area contributed by atoms with Crippen molar-refractivity contribution in [2.75, 3.05) is 0 Å². The Morgan fingerprint density at radius 1 is 1.42 bits per heavy atom. The second kappa shape index (κ2) is 5.93. The second-order valence-electron chi connectivity index (χ2n) is 4.08. The van der Waals surface area contributed by atoms with Crippen molar-refractivity contribution in [3.8, 4) is 0 Å². The topological polar surface area (TPSA) is 42.0 Å². The highest BCUT2D eigenvalue weighted by atomic mass is 79.9. The Labute approximate surface area is 119 Å². The Hall–Kier alpha value is -1.75. The van der Waals surface area contributed by atoms with Crippen molar-refractivity contribution in [3.63, 3.8) is 0 Å². The molecule has 0 radical (unpaired) electrons. The number of carbonyl (C=O) groups excluding carboxylic acids is 1. The third-order valence-electron chi connectivity index (χ3n) is 2.78. The highest BCUT2D eigenvalue weighted by Crippen LogP contribution is 2.19. The van der Waals surface area contributed by atoms with E-state index in [1.165, 1.54) is 6.07 Å². The van der Waals surface area contributed by atoms with Crippen LogP contribution in [-0.4, -0.2) is 10.9 Å². The summed E-state index contributed by atoms with van der Waals surface area (Å²) >= 11 is 3.18. The van der Waals surface area contributed by atoms with Crippen molar-refractivity contribution < 1.29 is 9.18 Å². The maximum Gasteiger partial charge on any atom is 0.255 e. The van der Waals surface area contributed by atoms with Gasteiger partial charge in [0.15, 0.2) is 0 Å². The van der Waals surface area contributed by atoms with Crippen molar-refractivity contribution in [1.29, 1.82) is 0 Å². The summed E-state index contributed by atoms with van der Waals surface area (Å²) in [6.45, 7) is 2.25. The Morgan fingerprint density at radius 2 is 2.21 bits per heavy atom. The normalized spacial score (nSPS) is 10.3. The highest BCUT2D eigenvalue weighted by Gasteiger charge is 2.15. The van der Waals surface area contributed by atoms with Gasteiger partial charge < -0.3 is 5.32 Å². The summed E-state index contributed by atoms with van der Waals surface area (Å²) in [5.74, 6) is -0.997. The van der Waals surface area contributed by atoms with E-state index < -0.39 is 11.7 Å². The first-order chi connectivity index (χ1) is 9.09. The van der Waals surface area contributed by atoms with Gasteiger partial charge in [0.05, 0.1) is 5.56 Å². The molecule has 19 heavy (non-hydrogen) atoms. The molecule has 0 spiro atoms. The van der Waals surface area contributed by atoms with Gasteiger partial charge in [0.2, 0.25) is 0 Å². The number of pyridine rings is 1. The number of hydrogen-bond acceptors (Lipinski definition) is 2. The predicted octanol–water partition coefficient (Wildman–Crippen LogP) is 3.22. The summed E-state index contributed by atoms with van der Waals surface area (Å²) < 4.78 is 14.0. The standard InChI is InChI=1S/C14H12BrFN2O/c1-9-5-6-17-7-10(9)8-18-14(19)13-11(15)3-2-4-12(13)16/h2-7H,8H2,1H3,(H,18,19). The molecule has 0 atom stereocenters. The minimum Gasteiger partial charge on any atom is -0.348 e. The molecule has 0 unspecified atom stereocenters. The van der Waals surface area contributed by atoms with Crippen molar-refractivity contribution in [1.82, 2.24) is 10.3 Å². The molecule has 1 N–H and O–H groups in total. The quantitative estimate of drug-likeness (QED) is 0.942. The molecule has 0 aliphatic carbocycles. The van der Waals surface area contributed by atoms with Crippen LogP contribution < -0.4 is 5.32 Å². The lowest BCUT2D eigenvalue weighted by Gasteiger charge is -2.09. The molecule has 3 nitrogen and oxygen atoms in total. The lowest BCUT2D eigenvalue weighted by molar-refractivity contribution is 0.0946. The number of benzene rings is 1. The fourth-order valence-electron chi connectivity index (χ4n) is 1.66. The summed E-state index contributed by atoms with van der Waals surface area (Å²) in [6.07, 6.45) is 3.38. The number of amides is 1. The number of nitrogens with zero attached hydrogens (tertiary/aromatic N) is 1. The molecule has 0 aliphatic rings. The van der Waals surface area contributed by atoms with Crippen molar-refractivity contribution in [2.24, 2.45) is 0 Å². The zero-order valence-electron chi connectivity index (χ0n) is 10.3. The molecule has 0 saturated carbocycles. The van der Waals surface area contributed by atoms with Crippen LogP contribution in [0.15, 0.2) is 41.1 Å². The molecule has 2 rings (SSSR count). The molecule has 2 aromatic rings. The first kappa shape index (κ1) is 13.7. The Kier molecular flexibility index (Phi) is 4.27. The van der Waals surface area contributed by atoms with E-state index in [1.54, 1.807) is 24.5 Å². The van der Waals surface area contributed by atoms with E-state index in [0.717, 1.165) is 11.1 Å². The number of rotatable bonds is 3. The maximum atomic E-state index is 13.6. The van der Waals surface area contributed by atoms with Gasteiger partial charge in [0.25, 0.3) is 5.91 Å². The van der Waals surface area contributed by atoms with Gasteiger partial charge in [-0.25, -0.2) is 4.39 Å². The van der Waals surface area contributed by atoms with E-state index in [2.05, 4.69) is 26.2 Å². The first-order valence-electron chi connectivity index (χ1n) is 5.71. The Balaban J connectivity index is 2.13. The summed E-state index contributed by atoms with van der Waals surface area (Å²) in [5.41, 5.74) is 1.95. The van der Waals surface area contributed by atoms with Crippen LogP contribution in [0.25, 0.3) is 0 Å². The summed E-state index contributed by atoms with van der Waals surface area (Å²) in [6, 6.07) is 6.30. The van der Waals surface area contributed by atoms with Gasteiger partial charge in [-0.05, 0) is 52.2 Å². The van der Waals surface area contributed by atoms with Gasteiger partial charge in [0.1, 0.15) is 5.82 Å². The number of aryl methyl sites for hydroxylation is 1. The maximum absolute atomic E-state index is 13.6. The van der Waals surface area contributed by atoms with Gasteiger partial charge in [-0.15, -0.1) is 0 Å². The van der Waals surface area contributed by atoms with Crippen molar-refractivity contribution in [3.05, 3.63) is 63.6 Å². The highest BCUT2D eigenvalue weighted by molar-refractivity contribution is 9.10. The molecular formula is C14H12BrFN2O. The molecule has 0 saturated heterocycles. The number of carbonyl (C=O) groups is 1. The third-order valence-corrected chi connectivity index (χ3v) is 3.44. The molecule has 5 heteroatoms. The number of hydrogen-bond donors (Lipinski definition) is 1. The lowest BCUT2D eigenvalue weighted by atomic mass is 10.1. The van der Waals surface area contributed by atoms with E-state index in [0.29, 0.717) is 11.0 Å². The SMILES string of the molecule is Cc1ccncc1CNC(=O)c1c(F)cccc1Br. The van der Waals surface area contributed by atoms with Crippen LogP contribution in [0.2, 0.25) is 0 Å². The number of nitrogens with one attached hydrogen (secondary N) is 1. The lowest BCUT2D eigenvalue weighted by Crippen LogP contribution is -2.24. The zero-order chi connectivity index (χ0) is 13.8. The Bertz CT molecular complexity index is 596. The smallest absolute Gasteiger partial charge is 0.255 e. The molecule has 0 aliphatic heterocycles. The van der Waals surface area contributed by atoms with E-state index in [1.807, 2.05) is 13.0 Å². The largest absolute Gasteiger partial charge is 0.348 e. The van der Waals surface area contributed by atoms with E-state index in [-0.39, 0.29) is 5.56 Å². The van der Waals surface area contributed by atoms with Crippen LogP contribution in [0.4, 0.5) is 4.39 Å². The van der Waals surface area contributed by atoms with Crippen LogP contribution in [0.3, 0.4) is 0 Å². The molecule has 0 bridgehead atoms. The monoisotopic (exact) mass is 322 g/mol. The van der Waals surface area contributed by atoms with E-state index in [9.17, 15) is 9.18 Å². The van der Waals surface area contributed by atoms with Crippen LogP contribution in [0.1, 0.15) is 21.5 Å². The van der Waals surface area contributed by atoms with Crippen molar-refractivity contribution >= 4 is 21.8 Å². The summed E-state index contributed by atoms with van der Waals surface area (Å²) in [7, 11) is 0. The van der Waals surface area contributed by atoms with Crippen LogP contribution in [0, 0.1) is 12.7 Å². The molecule has 1 heterocycles. The molecule has 0 fully saturated rings. The summed E-state index contributed by atoms with van der Waals surface area (Å²) in [4.78, 5) is 16.0. The average molecular weight is 323 g/mol. The minimum absolute atomic E-state index is 0.0176. The average Bonchev–Trinajstić information content (AvgIpc) is 2.37. The zero-order valence-corrected chi connectivity index (χ0v) is 11.9. The van der Waals surface area contributed by atoms with Crippen LogP contribution in [-0.2, 0) is 6.54 Å². The van der Waals surface area contributed by atoms with Crippen LogP contribution in [0.5, 0.6) is 0 Å². The van der Waals surface area contributed by atoms with Gasteiger partial charge in [-0.3, -0.25) is 9.78 Å². The fraction of sp³-hybridized carbons (Fsp3) is 0.143. The molecule has 98 valence electrons. The second-order valence-corrected chi connectivity index (χ2v) is 4.94. The molecular weight excluding hydrogens is 311 g/mol.